The van der Waals surface area contributed by atoms with Gasteiger partial charge in [-0.1, -0.05) is 32.9 Å². The highest BCUT2D eigenvalue weighted by Crippen LogP contribution is 2.24. The average Bonchev–Trinajstić information content (AvgIpc) is 3.02. The Morgan fingerprint density at radius 2 is 2.08 bits per heavy atom. The van der Waals surface area contributed by atoms with Gasteiger partial charge in [0.15, 0.2) is 5.96 Å². The van der Waals surface area contributed by atoms with Crippen molar-refractivity contribution in [3.63, 3.8) is 0 Å². The van der Waals surface area contributed by atoms with Crippen LogP contribution >= 0.6 is 11.3 Å². The second-order valence-corrected chi connectivity index (χ2v) is 7.82. The molecule has 25 heavy (non-hydrogen) atoms. The Morgan fingerprint density at radius 3 is 2.72 bits per heavy atom. The second-order valence-electron chi connectivity index (χ2n) is 6.88. The van der Waals surface area contributed by atoms with E-state index in [0.717, 1.165) is 35.2 Å². The Hall–Kier alpha value is -1.95. The van der Waals surface area contributed by atoms with Crippen molar-refractivity contribution in [3.8, 4) is 0 Å². The van der Waals surface area contributed by atoms with E-state index in [2.05, 4.69) is 46.8 Å². The monoisotopic (exact) mass is 362 g/mol. The van der Waals surface area contributed by atoms with E-state index in [1.54, 1.807) is 23.5 Å². The van der Waals surface area contributed by atoms with Crippen molar-refractivity contribution in [3.05, 3.63) is 51.7 Å². The molecule has 0 aliphatic heterocycles. The first-order valence-electron chi connectivity index (χ1n) is 8.60. The normalized spacial score (nSPS) is 12.3. The number of rotatable bonds is 6. The lowest BCUT2D eigenvalue weighted by Crippen LogP contribution is -2.38. The summed E-state index contributed by atoms with van der Waals surface area (Å²) in [7, 11) is 0. The van der Waals surface area contributed by atoms with Gasteiger partial charge in [0.2, 0.25) is 0 Å². The quantitative estimate of drug-likeness (QED) is 0.606. The first-order chi connectivity index (χ1) is 11.9. The number of aliphatic imine (C=N–C) groups is 1. The third-order valence-electron chi connectivity index (χ3n) is 3.63. The largest absolute Gasteiger partial charge is 0.357 e. The van der Waals surface area contributed by atoms with Gasteiger partial charge in [0, 0.05) is 23.9 Å². The molecular weight excluding hydrogens is 335 g/mol. The van der Waals surface area contributed by atoms with Crippen LogP contribution in [0, 0.1) is 5.82 Å². The number of nitrogens with one attached hydrogen (secondary N) is 2. The average molecular weight is 363 g/mol. The second kappa shape index (κ2) is 8.94. The highest BCUT2D eigenvalue weighted by molar-refractivity contribution is 7.09. The van der Waals surface area contributed by atoms with E-state index in [9.17, 15) is 4.39 Å². The van der Waals surface area contributed by atoms with Gasteiger partial charge in [-0.15, -0.1) is 11.3 Å². The molecule has 2 rings (SSSR count). The van der Waals surface area contributed by atoms with Crippen molar-refractivity contribution < 1.29 is 4.39 Å². The minimum atomic E-state index is -0.198. The van der Waals surface area contributed by atoms with Crippen LogP contribution in [-0.4, -0.2) is 24.0 Å². The topological polar surface area (TPSA) is 49.3 Å². The molecule has 1 aromatic heterocycles. The van der Waals surface area contributed by atoms with Gasteiger partial charge in [0.05, 0.1) is 12.2 Å². The van der Waals surface area contributed by atoms with E-state index in [0.29, 0.717) is 13.1 Å². The van der Waals surface area contributed by atoms with Gasteiger partial charge in [0.1, 0.15) is 10.8 Å². The molecule has 0 amide bonds. The van der Waals surface area contributed by atoms with Gasteiger partial charge in [-0.05, 0) is 31.0 Å². The van der Waals surface area contributed by atoms with E-state index in [1.807, 2.05) is 13.0 Å². The molecule has 0 atom stereocenters. The maximum absolute atomic E-state index is 13.2. The third-order valence-corrected chi connectivity index (χ3v) is 4.47. The molecule has 0 spiro atoms. The molecule has 0 aliphatic rings. The Morgan fingerprint density at radius 1 is 1.28 bits per heavy atom. The maximum atomic E-state index is 13.2. The number of nitrogens with zero attached hydrogens (tertiary/aromatic N) is 2. The Labute approximate surface area is 153 Å². The van der Waals surface area contributed by atoms with Crippen LogP contribution in [0.2, 0.25) is 0 Å². The number of hydrogen-bond donors (Lipinski definition) is 2. The van der Waals surface area contributed by atoms with Crippen molar-refractivity contribution in [1.82, 2.24) is 15.6 Å². The summed E-state index contributed by atoms with van der Waals surface area (Å²) in [6.07, 6.45) is 0.744. The smallest absolute Gasteiger partial charge is 0.191 e. The molecule has 136 valence electrons. The molecule has 0 fully saturated rings. The Balaban J connectivity index is 1.90. The number of benzene rings is 1. The predicted molar refractivity (Wildman–Crippen MR) is 104 cm³/mol. The first kappa shape index (κ1) is 19.4. The lowest BCUT2D eigenvalue weighted by molar-refractivity contribution is 0.571. The highest BCUT2D eigenvalue weighted by Gasteiger charge is 2.17. The molecule has 1 heterocycles. The zero-order valence-corrected chi connectivity index (χ0v) is 16.2. The number of halogens is 1. The number of guanidine groups is 1. The Kier molecular flexibility index (Phi) is 6.93. The molecule has 0 radical (unpaired) electrons. The number of aromatic nitrogens is 1. The molecule has 0 saturated heterocycles. The summed E-state index contributed by atoms with van der Waals surface area (Å²) >= 11 is 1.64. The molecule has 0 aliphatic carbocycles. The van der Waals surface area contributed by atoms with Gasteiger partial charge >= 0.3 is 0 Å². The summed E-state index contributed by atoms with van der Waals surface area (Å²) in [5, 5.41) is 9.63. The maximum Gasteiger partial charge on any atom is 0.191 e. The van der Waals surface area contributed by atoms with Crippen LogP contribution in [0.4, 0.5) is 4.39 Å². The van der Waals surface area contributed by atoms with E-state index >= 15 is 0 Å². The predicted octanol–water partition coefficient (Wildman–Crippen LogP) is 3.88. The molecule has 0 unspecified atom stereocenters. The molecule has 4 nitrogen and oxygen atoms in total. The minimum absolute atomic E-state index is 0.0617. The molecule has 1 aromatic carbocycles. The molecule has 0 saturated carbocycles. The SMILES string of the molecule is CCNC(=NCc1nc(C(C)(C)C)cs1)NCCc1cccc(F)c1. The fourth-order valence-corrected chi connectivity index (χ4v) is 3.18. The van der Waals surface area contributed by atoms with Crippen LogP contribution in [0.1, 0.15) is 44.0 Å². The van der Waals surface area contributed by atoms with Crippen LogP contribution in [0.5, 0.6) is 0 Å². The minimum Gasteiger partial charge on any atom is -0.357 e. The first-order valence-corrected chi connectivity index (χ1v) is 9.48. The van der Waals surface area contributed by atoms with Crippen molar-refractivity contribution in [2.24, 2.45) is 4.99 Å². The zero-order valence-electron chi connectivity index (χ0n) is 15.4. The van der Waals surface area contributed by atoms with Gasteiger partial charge in [0.25, 0.3) is 0 Å². The fourth-order valence-electron chi connectivity index (χ4n) is 2.23. The molecule has 6 heteroatoms. The Bertz CT molecular complexity index is 703. The van der Waals surface area contributed by atoms with Crippen molar-refractivity contribution in [1.29, 1.82) is 0 Å². The van der Waals surface area contributed by atoms with E-state index in [1.165, 1.54) is 6.07 Å². The lowest BCUT2D eigenvalue weighted by atomic mass is 9.93. The van der Waals surface area contributed by atoms with E-state index in [4.69, 9.17) is 0 Å². The van der Waals surface area contributed by atoms with Crippen molar-refractivity contribution in [2.75, 3.05) is 13.1 Å². The zero-order chi connectivity index (χ0) is 18.3. The van der Waals surface area contributed by atoms with Gasteiger partial charge in [-0.3, -0.25) is 0 Å². The molecular formula is C19H27FN4S. The van der Waals surface area contributed by atoms with Gasteiger partial charge in [-0.25, -0.2) is 14.4 Å². The van der Waals surface area contributed by atoms with Crippen molar-refractivity contribution >= 4 is 17.3 Å². The summed E-state index contributed by atoms with van der Waals surface area (Å²) < 4.78 is 13.2. The highest BCUT2D eigenvalue weighted by atomic mass is 32.1. The van der Waals surface area contributed by atoms with Crippen LogP contribution in [-0.2, 0) is 18.4 Å². The summed E-state index contributed by atoms with van der Waals surface area (Å²) in [6.45, 7) is 10.5. The number of hydrogen-bond acceptors (Lipinski definition) is 3. The summed E-state index contributed by atoms with van der Waals surface area (Å²) in [5.74, 6) is 0.558. The number of thiazole rings is 1. The van der Waals surface area contributed by atoms with Crippen molar-refractivity contribution in [2.45, 2.75) is 46.1 Å². The van der Waals surface area contributed by atoms with Gasteiger partial charge in [-0.2, -0.15) is 0 Å². The van der Waals surface area contributed by atoms with Crippen LogP contribution in [0.15, 0.2) is 34.6 Å². The standard InChI is InChI=1S/C19H27FN4S/c1-5-21-18(22-10-9-14-7-6-8-15(20)11-14)23-12-17-24-16(13-25-17)19(2,3)4/h6-8,11,13H,5,9-10,12H2,1-4H3,(H2,21,22,23). The van der Waals surface area contributed by atoms with E-state index in [-0.39, 0.29) is 11.2 Å². The van der Waals surface area contributed by atoms with Crippen LogP contribution in [0.25, 0.3) is 0 Å². The van der Waals surface area contributed by atoms with E-state index < -0.39 is 0 Å². The summed E-state index contributed by atoms with van der Waals surface area (Å²) in [6, 6.07) is 6.69. The molecule has 2 aromatic rings. The van der Waals surface area contributed by atoms with Crippen LogP contribution < -0.4 is 10.6 Å². The summed E-state index contributed by atoms with van der Waals surface area (Å²) in [4.78, 5) is 9.26. The lowest BCUT2D eigenvalue weighted by Gasteiger charge is -2.14. The van der Waals surface area contributed by atoms with Gasteiger partial charge < -0.3 is 10.6 Å². The fraction of sp³-hybridized carbons (Fsp3) is 0.474. The van der Waals surface area contributed by atoms with Crippen LogP contribution in [0.3, 0.4) is 0 Å². The third kappa shape index (κ3) is 6.46. The molecule has 2 N–H and O–H groups in total. The molecule has 0 bridgehead atoms. The summed E-state index contributed by atoms with van der Waals surface area (Å²) in [5.41, 5.74) is 2.14.